The summed E-state index contributed by atoms with van der Waals surface area (Å²) in [6.07, 6.45) is 7.82. The van der Waals surface area contributed by atoms with Crippen molar-refractivity contribution in [3.8, 4) is 33.6 Å². The molecule has 0 saturated heterocycles. The average Bonchev–Trinajstić information content (AvgIpc) is 2.92. The second-order valence-electron chi connectivity index (χ2n) is 9.69. The summed E-state index contributed by atoms with van der Waals surface area (Å²) in [5.41, 5.74) is 6.42. The zero-order valence-electron chi connectivity index (χ0n) is 21.7. The predicted octanol–water partition coefficient (Wildman–Crippen LogP) is 5.40. The lowest BCUT2D eigenvalue weighted by molar-refractivity contribution is 0.588. The number of fused-ring (bicyclic) bond motifs is 1. The fourth-order valence-corrected chi connectivity index (χ4v) is 5.66. The first-order chi connectivity index (χ1) is 18.5. The molecule has 0 fully saturated rings. The van der Waals surface area contributed by atoms with Gasteiger partial charge < -0.3 is 0 Å². The predicted molar refractivity (Wildman–Crippen MR) is 155 cm³/mol. The summed E-state index contributed by atoms with van der Waals surface area (Å²) in [6.45, 7) is 1.72. The molecular formula is C30H27N3O4S2. The van der Waals surface area contributed by atoms with Crippen molar-refractivity contribution >= 4 is 30.6 Å². The molecule has 0 aliphatic carbocycles. The second kappa shape index (κ2) is 10.3. The first kappa shape index (κ1) is 26.6. The van der Waals surface area contributed by atoms with Gasteiger partial charge in [0.05, 0.1) is 27.0 Å². The molecule has 5 rings (SSSR count). The SMILES string of the molecule is CC(Cc1cc(-c2cccc(-c3nccnc3-c3ccc(S(C)(=O)=O)cc3)c2)c2ncccc2c1)S(C)(=O)=O. The van der Waals surface area contributed by atoms with Crippen LogP contribution in [0, 0.1) is 0 Å². The van der Waals surface area contributed by atoms with Crippen molar-refractivity contribution in [2.45, 2.75) is 23.5 Å². The van der Waals surface area contributed by atoms with Crippen LogP contribution in [0.15, 0.2) is 96.3 Å². The third-order valence-corrected chi connectivity index (χ3v) is 9.48. The van der Waals surface area contributed by atoms with Crippen molar-refractivity contribution in [1.82, 2.24) is 15.0 Å². The fourth-order valence-electron chi connectivity index (χ4n) is 4.53. The van der Waals surface area contributed by atoms with Crippen molar-refractivity contribution < 1.29 is 16.8 Å². The topological polar surface area (TPSA) is 107 Å². The summed E-state index contributed by atoms with van der Waals surface area (Å²) < 4.78 is 48.0. The van der Waals surface area contributed by atoms with Crippen LogP contribution in [0.3, 0.4) is 0 Å². The van der Waals surface area contributed by atoms with E-state index in [0.29, 0.717) is 17.8 Å². The van der Waals surface area contributed by atoms with E-state index in [4.69, 9.17) is 0 Å². The highest BCUT2D eigenvalue weighted by molar-refractivity contribution is 7.91. The summed E-state index contributed by atoms with van der Waals surface area (Å²) >= 11 is 0. The number of sulfone groups is 2. The van der Waals surface area contributed by atoms with Crippen LogP contribution in [0.4, 0.5) is 0 Å². The van der Waals surface area contributed by atoms with Gasteiger partial charge in [-0.3, -0.25) is 15.0 Å². The summed E-state index contributed by atoms with van der Waals surface area (Å²) in [7, 11) is -6.49. The summed E-state index contributed by atoms with van der Waals surface area (Å²) in [4.78, 5) is 14.0. The minimum atomic E-state index is -3.31. The van der Waals surface area contributed by atoms with E-state index in [1.54, 1.807) is 49.8 Å². The molecule has 0 aliphatic rings. The van der Waals surface area contributed by atoms with Crippen LogP contribution in [-0.2, 0) is 26.1 Å². The summed E-state index contributed by atoms with van der Waals surface area (Å²) in [5.74, 6) is 0. The van der Waals surface area contributed by atoms with Gasteiger partial charge in [-0.1, -0.05) is 36.4 Å². The van der Waals surface area contributed by atoms with E-state index in [9.17, 15) is 16.8 Å². The van der Waals surface area contributed by atoms with Gasteiger partial charge in [-0.15, -0.1) is 0 Å². The average molecular weight is 558 g/mol. The van der Waals surface area contributed by atoms with Crippen LogP contribution >= 0.6 is 0 Å². The maximum Gasteiger partial charge on any atom is 0.175 e. The number of hydrogen-bond acceptors (Lipinski definition) is 7. The molecule has 3 aromatic carbocycles. The Labute approximate surface area is 228 Å². The van der Waals surface area contributed by atoms with Crippen molar-refractivity contribution in [1.29, 1.82) is 0 Å². The van der Waals surface area contributed by atoms with E-state index in [1.807, 2.05) is 48.5 Å². The van der Waals surface area contributed by atoms with Crippen molar-refractivity contribution in [3.05, 3.63) is 97.0 Å². The lowest BCUT2D eigenvalue weighted by Crippen LogP contribution is -2.18. The molecule has 0 bridgehead atoms. The Morgan fingerprint density at radius 2 is 1.36 bits per heavy atom. The molecule has 0 amide bonds. The number of rotatable bonds is 7. The van der Waals surface area contributed by atoms with Gasteiger partial charge in [0.2, 0.25) is 0 Å². The zero-order valence-corrected chi connectivity index (χ0v) is 23.4. The molecule has 1 unspecified atom stereocenters. The first-order valence-corrected chi connectivity index (χ1v) is 16.1. The maximum absolute atomic E-state index is 12.1. The van der Waals surface area contributed by atoms with Crippen LogP contribution in [0.1, 0.15) is 12.5 Å². The normalized spacial score (nSPS) is 12.9. The van der Waals surface area contributed by atoms with E-state index in [1.165, 1.54) is 12.5 Å². The van der Waals surface area contributed by atoms with Gasteiger partial charge in [0.15, 0.2) is 9.84 Å². The largest absolute Gasteiger partial charge is 0.256 e. The van der Waals surface area contributed by atoms with Gasteiger partial charge in [-0.05, 0) is 60.9 Å². The molecule has 2 heterocycles. The highest BCUT2D eigenvalue weighted by Gasteiger charge is 2.18. The number of nitrogens with zero attached hydrogens (tertiary/aromatic N) is 3. The first-order valence-electron chi connectivity index (χ1n) is 12.3. The molecule has 198 valence electrons. The summed E-state index contributed by atoms with van der Waals surface area (Å²) in [6, 6.07) is 22.4. The number of hydrogen-bond donors (Lipinski definition) is 0. The minimum Gasteiger partial charge on any atom is -0.256 e. The molecular weight excluding hydrogens is 530 g/mol. The van der Waals surface area contributed by atoms with Crippen molar-refractivity contribution in [2.24, 2.45) is 0 Å². The lowest BCUT2D eigenvalue weighted by atomic mass is 9.95. The minimum absolute atomic E-state index is 0.239. The molecule has 5 aromatic rings. The molecule has 0 N–H and O–H groups in total. The molecule has 2 aromatic heterocycles. The second-order valence-corrected chi connectivity index (χ2v) is 14.2. The van der Waals surface area contributed by atoms with E-state index >= 15 is 0 Å². The Morgan fingerprint density at radius 1 is 0.692 bits per heavy atom. The third kappa shape index (κ3) is 5.74. The molecule has 7 nitrogen and oxygen atoms in total. The van der Waals surface area contributed by atoms with Gasteiger partial charge in [0.25, 0.3) is 0 Å². The van der Waals surface area contributed by atoms with Crippen LogP contribution in [0.5, 0.6) is 0 Å². The summed E-state index contributed by atoms with van der Waals surface area (Å²) in [5, 5.41) is 0.421. The number of benzene rings is 3. The Balaban J connectivity index is 1.61. The van der Waals surface area contributed by atoms with Gasteiger partial charge in [-0.25, -0.2) is 16.8 Å². The molecule has 0 aliphatic heterocycles. The van der Waals surface area contributed by atoms with Crippen molar-refractivity contribution in [3.63, 3.8) is 0 Å². The Bertz CT molecular complexity index is 1900. The van der Waals surface area contributed by atoms with E-state index in [0.717, 1.165) is 38.7 Å². The zero-order chi connectivity index (χ0) is 27.8. The molecule has 0 saturated carbocycles. The Morgan fingerprint density at radius 3 is 2.03 bits per heavy atom. The smallest absolute Gasteiger partial charge is 0.175 e. The number of aromatic nitrogens is 3. The molecule has 0 spiro atoms. The number of pyridine rings is 1. The molecule has 1 atom stereocenters. The molecule has 9 heteroatoms. The van der Waals surface area contributed by atoms with Crippen LogP contribution in [-0.4, -0.2) is 49.5 Å². The third-order valence-electron chi connectivity index (χ3n) is 6.72. The lowest BCUT2D eigenvalue weighted by Gasteiger charge is -2.14. The monoisotopic (exact) mass is 557 g/mol. The van der Waals surface area contributed by atoms with Crippen molar-refractivity contribution in [2.75, 3.05) is 12.5 Å². The quantitative estimate of drug-likeness (QED) is 0.264. The van der Waals surface area contributed by atoms with E-state index in [2.05, 4.69) is 15.0 Å². The van der Waals surface area contributed by atoms with Crippen LogP contribution < -0.4 is 0 Å². The highest BCUT2D eigenvalue weighted by atomic mass is 32.2. The van der Waals surface area contributed by atoms with Gasteiger partial charge in [0, 0.05) is 53.2 Å². The van der Waals surface area contributed by atoms with E-state index in [-0.39, 0.29) is 4.90 Å². The van der Waals surface area contributed by atoms with Gasteiger partial charge in [-0.2, -0.15) is 0 Å². The molecule has 39 heavy (non-hydrogen) atoms. The van der Waals surface area contributed by atoms with Gasteiger partial charge in [0.1, 0.15) is 9.84 Å². The molecule has 0 radical (unpaired) electrons. The van der Waals surface area contributed by atoms with Crippen LogP contribution in [0.25, 0.3) is 44.5 Å². The Hall–Kier alpha value is -3.95. The fraction of sp³-hybridized carbons (Fsp3) is 0.167. The Kier molecular flexibility index (Phi) is 7.05. The highest BCUT2D eigenvalue weighted by Crippen LogP contribution is 2.34. The van der Waals surface area contributed by atoms with Gasteiger partial charge >= 0.3 is 0 Å². The maximum atomic E-state index is 12.1. The van der Waals surface area contributed by atoms with E-state index < -0.39 is 24.9 Å². The standard InChI is InChI=1S/C30H27N3O4S2/c1-20(38(2,34)35)16-21-17-24-8-5-13-31-28(24)27(18-21)23-6-4-7-25(19-23)30-29(32-14-15-33-30)22-9-11-26(12-10-22)39(3,36)37/h4-15,17-20H,16H2,1-3H3. The van der Waals surface area contributed by atoms with Crippen LogP contribution in [0.2, 0.25) is 0 Å².